The quantitative estimate of drug-likeness (QED) is 0.849. The van der Waals surface area contributed by atoms with Gasteiger partial charge in [0.1, 0.15) is 5.76 Å². The van der Waals surface area contributed by atoms with Crippen molar-refractivity contribution in [2.45, 2.75) is 58.1 Å². The van der Waals surface area contributed by atoms with Gasteiger partial charge in [0.25, 0.3) is 0 Å². The maximum Gasteiger partial charge on any atom is 0.186 e. The molecule has 0 aromatic carbocycles. The lowest BCUT2D eigenvalue weighted by Crippen LogP contribution is -2.30. The van der Waals surface area contributed by atoms with Gasteiger partial charge in [0, 0.05) is 18.4 Å². The molecule has 0 bridgehead atoms. The first-order chi connectivity index (χ1) is 8.52. The number of nitrogens with zero attached hydrogens (tertiary/aromatic N) is 1. The molecule has 106 valence electrons. The maximum absolute atomic E-state index is 12.2. The highest BCUT2D eigenvalue weighted by Gasteiger charge is 2.31. The highest BCUT2D eigenvalue weighted by Crippen LogP contribution is 2.28. The molecule has 0 N–H and O–H groups in total. The Morgan fingerprint density at radius 2 is 1.84 bits per heavy atom. The van der Waals surface area contributed by atoms with E-state index in [1.807, 2.05) is 26.8 Å². The molecule has 4 nitrogen and oxygen atoms in total. The Balaban J connectivity index is 2.77. The number of thioether (sulfide) groups is 1. The van der Waals surface area contributed by atoms with Gasteiger partial charge in [-0.25, -0.2) is 0 Å². The molecule has 0 unspecified atom stereocenters. The lowest BCUT2D eigenvalue weighted by Gasteiger charge is -2.19. The Morgan fingerprint density at radius 1 is 1.26 bits per heavy atom. The van der Waals surface area contributed by atoms with Crippen LogP contribution in [0.3, 0.4) is 0 Å². The van der Waals surface area contributed by atoms with Crippen LogP contribution in [0, 0.1) is 0 Å². The predicted molar refractivity (Wildman–Crippen MR) is 76.3 cm³/mol. The summed E-state index contributed by atoms with van der Waals surface area (Å²) < 4.78 is 4.46. The van der Waals surface area contributed by atoms with E-state index >= 15 is 0 Å². The Hall–Kier alpha value is -1.10. The van der Waals surface area contributed by atoms with E-state index in [0.717, 1.165) is 17.5 Å². The molecule has 5 heteroatoms. The molecule has 0 amide bonds. The van der Waals surface area contributed by atoms with Gasteiger partial charge in [-0.15, -0.1) is 0 Å². The van der Waals surface area contributed by atoms with Crippen molar-refractivity contribution in [3.63, 3.8) is 0 Å². The molecule has 1 aromatic rings. The number of ketones is 1. The van der Waals surface area contributed by atoms with E-state index in [1.54, 1.807) is 13.8 Å². The molecule has 0 radical (unpaired) electrons. The molecule has 0 atom stereocenters. The second-order valence-corrected chi connectivity index (χ2v) is 7.93. The van der Waals surface area contributed by atoms with Crippen LogP contribution >= 0.6 is 11.8 Å². The SMILES string of the molecule is CC(=O)SC(C)(C)C(=O)Cc1cc(C(C)(C)C)no1. The zero-order valence-electron chi connectivity index (χ0n) is 12.4. The summed E-state index contributed by atoms with van der Waals surface area (Å²) in [6.07, 6.45) is 0.163. The standard InChI is InChI=1S/C14H21NO3S/c1-9(16)19-14(5,6)12(17)8-10-7-11(15-18-10)13(2,3)4/h7H,8H2,1-6H3. The highest BCUT2D eigenvalue weighted by atomic mass is 32.2. The van der Waals surface area contributed by atoms with E-state index in [9.17, 15) is 9.59 Å². The summed E-state index contributed by atoms with van der Waals surface area (Å²) in [5.41, 5.74) is 0.724. The average molecular weight is 283 g/mol. The lowest BCUT2D eigenvalue weighted by molar-refractivity contribution is -0.120. The molecule has 19 heavy (non-hydrogen) atoms. The second kappa shape index (κ2) is 5.49. The van der Waals surface area contributed by atoms with Crippen molar-refractivity contribution in [3.8, 4) is 0 Å². The fourth-order valence-electron chi connectivity index (χ4n) is 1.54. The predicted octanol–water partition coefficient (Wildman–Crippen LogP) is 3.14. The van der Waals surface area contributed by atoms with E-state index in [0.29, 0.717) is 5.76 Å². The summed E-state index contributed by atoms with van der Waals surface area (Å²) in [6.45, 7) is 11.1. The fourth-order valence-corrected chi connectivity index (χ4v) is 2.44. The summed E-state index contributed by atoms with van der Waals surface area (Å²) in [4.78, 5) is 23.3. The van der Waals surface area contributed by atoms with Gasteiger partial charge in [-0.1, -0.05) is 37.7 Å². The maximum atomic E-state index is 12.2. The molecule has 0 aliphatic heterocycles. The average Bonchev–Trinajstić information content (AvgIpc) is 2.63. The van der Waals surface area contributed by atoms with Crippen molar-refractivity contribution in [1.82, 2.24) is 5.16 Å². The van der Waals surface area contributed by atoms with Crippen molar-refractivity contribution in [3.05, 3.63) is 17.5 Å². The third kappa shape index (κ3) is 4.49. The first kappa shape index (κ1) is 16.0. The molecule has 0 aliphatic carbocycles. The van der Waals surface area contributed by atoms with Crippen molar-refractivity contribution < 1.29 is 14.1 Å². The molecule has 0 saturated heterocycles. The summed E-state index contributed by atoms with van der Waals surface area (Å²) in [7, 11) is 0. The van der Waals surface area contributed by atoms with Gasteiger partial charge >= 0.3 is 0 Å². The number of rotatable bonds is 4. The zero-order chi connectivity index (χ0) is 14.8. The van der Waals surface area contributed by atoms with Crippen LogP contribution in [-0.2, 0) is 21.4 Å². The van der Waals surface area contributed by atoms with Gasteiger partial charge in [-0.05, 0) is 13.8 Å². The first-order valence-electron chi connectivity index (χ1n) is 6.21. The number of carbonyl (C=O) groups is 2. The van der Waals surface area contributed by atoms with E-state index in [2.05, 4.69) is 5.16 Å². The lowest BCUT2D eigenvalue weighted by atomic mass is 9.92. The van der Waals surface area contributed by atoms with Crippen LogP contribution in [0.2, 0.25) is 0 Å². The molecule has 0 spiro atoms. The highest BCUT2D eigenvalue weighted by molar-refractivity contribution is 8.15. The van der Waals surface area contributed by atoms with Crippen molar-refractivity contribution in [2.75, 3.05) is 0 Å². The van der Waals surface area contributed by atoms with Crippen molar-refractivity contribution >= 4 is 22.7 Å². The van der Waals surface area contributed by atoms with Crippen LogP contribution in [0.25, 0.3) is 0 Å². The topological polar surface area (TPSA) is 60.2 Å². The van der Waals surface area contributed by atoms with E-state index in [1.165, 1.54) is 6.92 Å². The van der Waals surface area contributed by atoms with Gasteiger partial charge in [-0.3, -0.25) is 9.59 Å². The molecular formula is C14H21NO3S. The molecule has 1 rings (SSSR count). The largest absolute Gasteiger partial charge is 0.361 e. The van der Waals surface area contributed by atoms with Crippen LogP contribution in [0.5, 0.6) is 0 Å². The smallest absolute Gasteiger partial charge is 0.186 e. The molecule has 1 aromatic heterocycles. The summed E-state index contributed by atoms with van der Waals surface area (Å²) in [5, 5.41) is 3.92. The van der Waals surface area contributed by atoms with Gasteiger partial charge < -0.3 is 4.52 Å². The molecule has 1 heterocycles. The van der Waals surface area contributed by atoms with Crippen LogP contribution in [-0.4, -0.2) is 20.8 Å². The summed E-state index contributed by atoms with van der Waals surface area (Å²) >= 11 is 1.05. The number of aromatic nitrogens is 1. The Morgan fingerprint density at radius 3 is 2.26 bits per heavy atom. The van der Waals surface area contributed by atoms with Crippen LogP contribution in [0.15, 0.2) is 10.6 Å². The number of carbonyl (C=O) groups excluding carboxylic acids is 2. The van der Waals surface area contributed by atoms with Crippen LogP contribution < -0.4 is 0 Å². The van der Waals surface area contributed by atoms with Gasteiger partial charge in [0.05, 0.1) is 16.9 Å². The summed E-state index contributed by atoms with van der Waals surface area (Å²) in [6, 6.07) is 1.81. The molecular weight excluding hydrogens is 262 g/mol. The Labute approximate surface area is 118 Å². The van der Waals surface area contributed by atoms with Crippen LogP contribution in [0.1, 0.15) is 53.0 Å². The summed E-state index contributed by atoms with van der Waals surface area (Å²) in [5.74, 6) is 0.511. The minimum absolute atomic E-state index is 0.0377. The second-order valence-electron chi connectivity index (χ2n) is 6.13. The Kier molecular flexibility index (Phi) is 4.61. The first-order valence-corrected chi connectivity index (χ1v) is 7.03. The van der Waals surface area contributed by atoms with Gasteiger partial charge in [-0.2, -0.15) is 0 Å². The normalized spacial score (nSPS) is 12.5. The monoisotopic (exact) mass is 283 g/mol. The third-order valence-electron chi connectivity index (χ3n) is 2.73. The molecule has 0 fully saturated rings. The minimum Gasteiger partial charge on any atom is -0.361 e. The Bertz CT molecular complexity index is 483. The molecule has 0 aliphatic rings. The zero-order valence-corrected chi connectivity index (χ0v) is 13.2. The van der Waals surface area contributed by atoms with Crippen molar-refractivity contribution in [1.29, 1.82) is 0 Å². The number of Topliss-reactive ketones (excluding diaryl/α,β-unsaturated/α-hetero) is 1. The third-order valence-corrected chi connectivity index (χ3v) is 3.76. The minimum atomic E-state index is -0.736. The van der Waals surface area contributed by atoms with Crippen molar-refractivity contribution in [2.24, 2.45) is 0 Å². The van der Waals surface area contributed by atoms with E-state index in [-0.39, 0.29) is 22.7 Å². The van der Waals surface area contributed by atoms with Crippen LogP contribution in [0.4, 0.5) is 0 Å². The van der Waals surface area contributed by atoms with Gasteiger partial charge in [0.15, 0.2) is 10.9 Å². The van der Waals surface area contributed by atoms with E-state index < -0.39 is 4.75 Å². The fraction of sp³-hybridized carbons (Fsp3) is 0.643. The number of hydrogen-bond acceptors (Lipinski definition) is 5. The number of hydrogen-bond donors (Lipinski definition) is 0. The molecule has 0 saturated carbocycles. The van der Waals surface area contributed by atoms with Gasteiger partial charge in [0.2, 0.25) is 0 Å². The van der Waals surface area contributed by atoms with E-state index in [4.69, 9.17) is 4.52 Å².